The van der Waals surface area contributed by atoms with Crippen LogP contribution in [0.25, 0.3) is 10.9 Å². The first kappa shape index (κ1) is 20.5. The number of nitrogens with one attached hydrogen (secondary N) is 1. The number of carbonyl (C=O) groups is 1. The number of azo groups is 1. The van der Waals surface area contributed by atoms with Gasteiger partial charge in [0, 0.05) is 24.2 Å². The second-order valence-electron chi connectivity index (χ2n) is 6.68. The Balaban J connectivity index is 1.77. The predicted octanol–water partition coefficient (Wildman–Crippen LogP) is 4.41. The quantitative estimate of drug-likeness (QED) is 0.528. The molecule has 0 aliphatic rings. The van der Waals surface area contributed by atoms with E-state index in [0.717, 1.165) is 36.2 Å². The van der Waals surface area contributed by atoms with Crippen LogP contribution in [0.2, 0.25) is 0 Å². The fraction of sp³-hybridized carbons (Fsp3) is 0.318. The molecule has 0 fully saturated rings. The normalized spacial score (nSPS) is 11.6. The summed E-state index contributed by atoms with van der Waals surface area (Å²) in [6, 6.07) is 17.1. The molecule has 0 unspecified atom stereocenters. The van der Waals surface area contributed by atoms with Crippen LogP contribution in [-0.4, -0.2) is 46.7 Å². The van der Waals surface area contributed by atoms with E-state index in [4.69, 9.17) is 0 Å². The minimum absolute atomic E-state index is 0.0333. The zero-order valence-electron chi connectivity index (χ0n) is 16.9. The number of likely N-dealkylation sites (N-methyl/N-ethyl adjacent to an activating group) is 1. The van der Waals surface area contributed by atoms with Crippen molar-refractivity contribution in [3.8, 4) is 5.88 Å². The third-order valence-corrected chi connectivity index (χ3v) is 4.93. The largest absolute Gasteiger partial charge is 0.493 e. The predicted molar refractivity (Wildman–Crippen MR) is 116 cm³/mol. The lowest BCUT2D eigenvalue weighted by molar-refractivity contribution is -0.116. The molecule has 2 aromatic carbocycles. The molecule has 3 rings (SSSR count). The Labute approximate surface area is 170 Å². The molecule has 29 heavy (non-hydrogen) atoms. The Morgan fingerprint density at radius 1 is 1.07 bits per heavy atom. The molecule has 0 spiro atoms. The van der Waals surface area contributed by atoms with Crippen molar-refractivity contribution in [2.75, 3.05) is 31.5 Å². The lowest BCUT2D eigenvalue weighted by atomic mass is 10.2. The molecule has 3 aromatic rings. The topological polar surface area (TPSA) is 82.2 Å². The molecule has 0 saturated heterocycles. The van der Waals surface area contributed by atoms with Gasteiger partial charge in [0.1, 0.15) is 0 Å². The van der Waals surface area contributed by atoms with E-state index in [9.17, 15) is 9.90 Å². The van der Waals surface area contributed by atoms with Crippen molar-refractivity contribution >= 4 is 28.2 Å². The SMILES string of the molecule is CCN(CC)CCn1c(O)c(N=NC(=O)CNc2ccccc2)c2ccccc21. The standard InChI is InChI=1S/C22H27N5O2/c1-3-26(4-2)14-15-27-19-13-9-8-12-18(19)21(22(27)29)25-24-20(28)16-23-17-10-6-5-7-11-17/h5-13,23,29H,3-4,14-16H2,1-2H3. The number of hydrogen-bond acceptors (Lipinski definition) is 5. The highest BCUT2D eigenvalue weighted by Gasteiger charge is 2.17. The number of nitrogens with zero attached hydrogens (tertiary/aromatic N) is 4. The van der Waals surface area contributed by atoms with Gasteiger partial charge in [0.2, 0.25) is 5.88 Å². The lowest BCUT2D eigenvalue weighted by Crippen LogP contribution is -2.26. The van der Waals surface area contributed by atoms with Crippen LogP contribution in [0.1, 0.15) is 13.8 Å². The van der Waals surface area contributed by atoms with E-state index in [1.54, 1.807) is 0 Å². The number of aromatic hydroxyl groups is 1. The average Bonchev–Trinajstić information content (AvgIpc) is 3.03. The van der Waals surface area contributed by atoms with Gasteiger partial charge in [0.25, 0.3) is 5.91 Å². The maximum Gasteiger partial charge on any atom is 0.283 e. The van der Waals surface area contributed by atoms with Gasteiger partial charge in [-0.2, -0.15) is 0 Å². The third kappa shape index (κ3) is 5.00. The van der Waals surface area contributed by atoms with E-state index >= 15 is 0 Å². The summed E-state index contributed by atoms with van der Waals surface area (Å²) in [5, 5.41) is 22.4. The molecular formula is C22H27N5O2. The van der Waals surface area contributed by atoms with Gasteiger partial charge in [-0.05, 0) is 31.3 Å². The lowest BCUT2D eigenvalue weighted by Gasteiger charge is -2.18. The molecule has 0 atom stereocenters. The van der Waals surface area contributed by atoms with E-state index in [1.807, 2.05) is 59.2 Å². The summed E-state index contributed by atoms with van der Waals surface area (Å²) in [7, 11) is 0. The average molecular weight is 393 g/mol. The number of benzene rings is 2. The highest BCUT2D eigenvalue weighted by Crippen LogP contribution is 2.38. The van der Waals surface area contributed by atoms with Crippen molar-refractivity contribution in [1.82, 2.24) is 9.47 Å². The van der Waals surface area contributed by atoms with E-state index in [2.05, 4.69) is 34.3 Å². The monoisotopic (exact) mass is 393 g/mol. The van der Waals surface area contributed by atoms with Gasteiger partial charge in [-0.25, -0.2) is 0 Å². The van der Waals surface area contributed by atoms with E-state index < -0.39 is 5.91 Å². The zero-order valence-corrected chi connectivity index (χ0v) is 16.9. The van der Waals surface area contributed by atoms with Crippen molar-refractivity contribution in [2.24, 2.45) is 10.2 Å². The molecular weight excluding hydrogens is 366 g/mol. The number of rotatable bonds is 9. The molecule has 152 valence electrons. The smallest absolute Gasteiger partial charge is 0.283 e. The van der Waals surface area contributed by atoms with Gasteiger partial charge in [-0.1, -0.05) is 50.2 Å². The second-order valence-corrected chi connectivity index (χ2v) is 6.68. The van der Waals surface area contributed by atoms with Gasteiger partial charge >= 0.3 is 0 Å². The molecule has 1 amide bonds. The Morgan fingerprint density at radius 3 is 2.48 bits per heavy atom. The molecule has 0 saturated carbocycles. The molecule has 0 aliphatic heterocycles. The summed E-state index contributed by atoms with van der Waals surface area (Å²) in [4.78, 5) is 14.4. The number of para-hydroxylation sites is 2. The van der Waals surface area contributed by atoms with Crippen molar-refractivity contribution in [3.05, 3.63) is 54.6 Å². The number of carbonyl (C=O) groups excluding carboxylic acids is 1. The van der Waals surface area contributed by atoms with Crippen LogP contribution < -0.4 is 5.32 Å². The Morgan fingerprint density at radius 2 is 1.76 bits per heavy atom. The van der Waals surface area contributed by atoms with Gasteiger partial charge in [0.05, 0.1) is 12.1 Å². The first-order valence-corrected chi connectivity index (χ1v) is 9.90. The first-order valence-electron chi connectivity index (χ1n) is 9.90. The zero-order chi connectivity index (χ0) is 20.6. The van der Waals surface area contributed by atoms with Crippen LogP contribution in [0, 0.1) is 0 Å². The fourth-order valence-electron chi connectivity index (χ4n) is 3.25. The number of anilines is 1. The summed E-state index contributed by atoms with van der Waals surface area (Å²) >= 11 is 0. The fourth-order valence-corrected chi connectivity index (χ4v) is 3.25. The van der Waals surface area contributed by atoms with Crippen LogP contribution in [-0.2, 0) is 11.3 Å². The van der Waals surface area contributed by atoms with Crippen molar-refractivity contribution in [3.63, 3.8) is 0 Å². The maximum absolute atomic E-state index is 12.1. The van der Waals surface area contributed by atoms with Crippen LogP contribution in [0.4, 0.5) is 11.4 Å². The summed E-state index contributed by atoms with van der Waals surface area (Å²) in [6.07, 6.45) is 0. The number of fused-ring (bicyclic) bond motifs is 1. The van der Waals surface area contributed by atoms with Crippen molar-refractivity contribution in [1.29, 1.82) is 0 Å². The third-order valence-electron chi connectivity index (χ3n) is 4.93. The molecule has 2 N–H and O–H groups in total. The Hall–Kier alpha value is -3.19. The van der Waals surface area contributed by atoms with Crippen LogP contribution in [0.3, 0.4) is 0 Å². The van der Waals surface area contributed by atoms with E-state index in [0.29, 0.717) is 12.2 Å². The van der Waals surface area contributed by atoms with Crippen LogP contribution >= 0.6 is 0 Å². The van der Waals surface area contributed by atoms with E-state index in [-0.39, 0.29) is 12.4 Å². The number of hydrogen-bond donors (Lipinski definition) is 2. The molecule has 0 aliphatic carbocycles. The summed E-state index contributed by atoms with van der Waals surface area (Å²) in [5.74, 6) is -0.376. The second kappa shape index (κ2) is 9.84. The Kier molecular flexibility index (Phi) is 6.97. The number of amides is 1. The van der Waals surface area contributed by atoms with Crippen LogP contribution in [0.5, 0.6) is 5.88 Å². The molecule has 7 heteroatoms. The summed E-state index contributed by atoms with van der Waals surface area (Å²) < 4.78 is 1.83. The highest BCUT2D eigenvalue weighted by atomic mass is 16.3. The van der Waals surface area contributed by atoms with Gasteiger partial charge < -0.3 is 19.9 Å². The van der Waals surface area contributed by atoms with Gasteiger partial charge in [0.15, 0.2) is 5.69 Å². The minimum atomic E-state index is -0.409. The Bertz CT molecular complexity index is 978. The van der Waals surface area contributed by atoms with Gasteiger partial charge in [-0.15, -0.1) is 10.2 Å². The van der Waals surface area contributed by atoms with Gasteiger partial charge in [-0.3, -0.25) is 4.79 Å². The molecule has 1 aromatic heterocycles. The van der Waals surface area contributed by atoms with Crippen LogP contribution in [0.15, 0.2) is 64.8 Å². The molecule has 7 nitrogen and oxygen atoms in total. The van der Waals surface area contributed by atoms with E-state index in [1.165, 1.54) is 0 Å². The van der Waals surface area contributed by atoms with Crippen molar-refractivity contribution in [2.45, 2.75) is 20.4 Å². The minimum Gasteiger partial charge on any atom is -0.493 e. The first-order chi connectivity index (χ1) is 14.1. The van der Waals surface area contributed by atoms with Crippen molar-refractivity contribution < 1.29 is 9.90 Å². The highest BCUT2D eigenvalue weighted by molar-refractivity contribution is 5.95. The molecule has 1 heterocycles. The molecule has 0 bridgehead atoms. The summed E-state index contributed by atoms with van der Waals surface area (Å²) in [5.41, 5.74) is 2.04. The molecule has 0 radical (unpaired) electrons. The number of aromatic nitrogens is 1. The summed E-state index contributed by atoms with van der Waals surface area (Å²) in [6.45, 7) is 7.62. The maximum atomic E-state index is 12.1.